The highest BCUT2D eigenvalue weighted by Gasteiger charge is 2.24. The third-order valence-electron chi connectivity index (χ3n) is 10.9. The lowest BCUT2D eigenvalue weighted by Gasteiger charge is -2.17. The summed E-state index contributed by atoms with van der Waals surface area (Å²) in [5.74, 6) is 3.17. The van der Waals surface area contributed by atoms with Crippen molar-refractivity contribution in [3.8, 4) is 79.4 Å². The lowest BCUT2D eigenvalue weighted by atomic mass is 9.98. The second-order valence-electron chi connectivity index (χ2n) is 14.6. The first-order valence-corrected chi connectivity index (χ1v) is 19.8. The number of phenols is 2. The molecule has 0 radical (unpaired) electrons. The molecule has 0 aliphatic heterocycles. The number of fused-ring (bicyclic) bond motifs is 3. The molecule has 0 spiro atoms. The Morgan fingerprint density at radius 1 is 0.500 bits per heavy atom. The molecule has 0 amide bonds. The van der Waals surface area contributed by atoms with Crippen molar-refractivity contribution in [3.63, 3.8) is 0 Å². The Morgan fingerprint density at radius 2 is 0.944 bits per heavy atom. The molecule has 7 nitrogen and oxygen atoms in total. The second kappa shape index (κ2) is 16.7. The van der Waals surface area contributed by atoms with Gasteiger partial charge in [0.15, 0.2) is 17.5 Å². The Hall–Kier alpha value is -5.43. The van der Waals surface area contributed by atoms with E-state index in [1.165, 1.54) is 35.1 Å². The lowest BCUT2D eigenvalue weighted by Crippen LogP contribution is -2.11. The van der Waals surface area contributed by atoms with Gasteiger partial charge in [0.25, 0.3) is 0 Å². The lowest BCUT2D eigenvalue weighted by molar-refractivity contribution is 0.232. The molecule has 0 fully saturated rings. The molecule has 2 unspecified atom stereocenters. The van der Waals surface area contributed by atoms with Gasteiger partial charge in [0.05, 0.1) is 24.3 Å². The quantitative estimate of drug-likeness (QED) is 0.0966. The zero-order valence-corrected chi connectivity index (χ0v) is 31.9. The van der Waals surface area contributed by atoms with Crippen LogP contribution in [0, 0.1) is 11.8 Å². The summed E-state index contributed by atoms with van der Waals surface area (Å²) in [5, 5.41) is 25.0. The molecule has 0 bridgehead atoms. The molecule has 1 aliphatic rings. The van der Waals surface area contributed by atoms with Crippen LogP contribution in [-0.2, 0) is 0 Å². The number of aromatic nitrogens is 3. The zero-order valence-electron chi connectivity index (χ0n) is 31.9. The first-order valence-electron chi connectivity index (χ1n) is 19.8. The largest absolute Gasteiger partial charge is 0.507 e. The van der Waals surface area contributed by atoms with E-state index >= 15 is 0 Å². The van der Waals surface area contributed by atoms with Crippen LogP contribution in [-0.4, -0.2) is 38.4 Å². The molecule has 2 atom stereocenters. The van der Waals surface area contributed by atoms with Gasteiger partial charge in [-0.15, -0.1) is 0 Å². The predicted molar refractivity (Wildman–Crippen MR) is 219 cm³/mol. The standard InChI is InChI=1S/C47H51N3O4/c1-5-9-14-30(7-3)28-53-32-20-22-40(42(51)26-32)46-48-45(39-25-24-38-35-17-12-11-16-34(35)36-18-13-19-37(39)44(36)38)49-47(50-46)41-23-21-33(27-43(41)52)54-29-31(8-4)15-10-6-2/h11-13,16-27,30-31,51-52H,5-10,14-15,28-29H2,1-4H3. The molecule has 278 valence electrons. The van der Waals surface area contributed by atoms with Crippen molar-refractivity contribution in [2.45, 2.75) is 79.1 Å². The summed E-state index contributed by atoms with van der Waals surface area (Å²) >= 11 is 0. The van der Waals surface area contributed by atoms with E-state index in [2.05, 4.69) is 82.3 Å². The summed E-state index contributed by atoms with van der Waals surface area (Å²) in [7, 11) is 0. The summed E-state index contributed by atoms with van der Waals surface area (Å²) < 4.78 is 12.3. The number of ether oxygens (including phenoxy) is 2. The molecule has 54 heavy (non-hydrogen) atoms. The summed E-state index contributed by atoms with van der Waals surface area (Å²) in [6.07, 6.45) is 8.99. The Labute approximate surface area is 319 Å². The number of hydrogen-bond donors (Lipinski definition) is 2. The molecular weight excluding hydrogens is 671 g/mol. The van der Waals surface area contributed by atoms with Crippen LogP contribution < -0.4 is 9.47 Å². The minimum atomic E-state index is 0.00888. The number of phenolic OH excluding ortho intramolecular Hbond substituents is 2. The summed E-state index contributed by atoms with van der Waals surface area (Å²) in [6, 6.07) is 29.6. The van der Waals surface area contributed by atoms with Crippen LogP contribution in [0.3, 0.4) is 0 Å². The fraction of sp³-hybridized carbons (Fsp3) is 0.340. The number of hydrogen-bond acceptors (Lipinski definition) is 7. The average Bonchev–Trinajstić information content (AvgIpc) is 3.53. The molecular formula is C47H51N3O4. The van der Waals surface area contributed by atoms with Gasteiger partial charge in [-0.25, -0.2) is 15.0 Å². The van der Waals surface area contributed by atoms with Gasteiger partial charge in [-0.05, 0) is 88.0 Å². The van der Waals surface area contributed by atoms with Gasteiger partial charge >= 0.3 is 0 Å². The third-order valence-corrected chi connectivity index (χ3v) is 10.9. The predicted octanol–water partition coefficient (Wildman–Crippen LogP) is 12.3. The maximum absolute atomic E-state index is 11.4. The van der Waals surface area contributed by atoms with Gasteiger partial charge in [-0.3, -0.25) is 0 Å². The molecule has 6 aromatic rings. The first kappa shape index (κ1) is 36.9. The van der Waals surface area contributed by atoms with Gasteiger partial charge < -0.3 is 19.7 Å². The van der Waals surface area contributed by atoms with E-state index in [0.29, 0.717) is 65.1 Å². The van der Waals surface area contributed by atoms with Crippen LogP contribution in [0.5, 0.6) is 23.0 Å². The third kappa shape index (κ3) is 7.63. The molecule has 0 saturated heterocycles. The molecule has 7 rings (SSSR count). The van der Waals surface area contributed by atoms with Crippen molar-refractivity contribution >= 4 is 10.8 Å². The maximum atomic E-state index is 11.4. The van der Waals surface area contributed by atoms with Gasteiger partial charge in [0, 0.05) is 17.7 Å². The molecule has 0 saturated carbocycles. The minimum Gasteiger partial charge on any atom is -0.507 e. The van der Waals surface area contributed by atoms with Crippen LogP contribution in [0.1, 0.15) is 79.1 Å². The van der Waals surface area contributed by atoms with Gasteiger partial charge in [0.2, 0.25) is 0 Å². The number of unbranched alkanes of at least 4 members (excludes halogenated alkanes) is 2. The van der Waals surface area contributed by atoms with Gasteiger partial charge in [-0.2, -0.15) is 0 Å². The fourth-order valence-electron chi connectivity index (χ4n) is 7.55. The highest BCUT2D eigenvalue weighted by Crippen LogP contribution is 2.49. The minimum absolute atomic E-state index is 0.00888. The van der Waals surface area contributed by atoms with Crippen molar-refractivity contribution in [2.24, 2.45) is 11.8 Å². The highest BCUT2D eigenvalue weighted by atomic mass is 16.5. The van der Waals surface area contributed by atoms with Crippen molar-refractivity contribution in [3.05, 3.63) is 91.0 Å². The van der Waals surface area contributed by atoms with E-state index in [1.807, 2.05) is 12.1 Å². The van der Waals surface area contributed by atoms with Gasteiger partial charge in [0.1, 0.15) is 23.0 Å². The smallest absolute Gasteiger partial charge is 0.167 e. The number of benzene rings is 5. The first-order chi connectivity index (χ1) is 26.4. The molecule has 1 aliphatic carbocycles. The van der Waals surface area contributed by atoms with E-state index in [-0.39, 0.29) is 11.5 Å². The van der Waals surface area contributed by atoms with Crippen LogP contribution in [0.4, 0.5) is 0 Å². The number of nitrogens with zero attached hydrogens (tertiary/aromatic N) is 3. The van der Waals surface area contributed by atoms with E-state index in [9.17, 15) is 10.2 Å². The van der Waals surface area contributed by atoms with E-state index in [0.717, 1.165) is 54.9 Å². The van der Waals surface area contributed by atoms with E-state index < -0.39 is 0 Å². The average molecular weight is 722 g/mol. The molecule has 1 aromatic heterocycles. The van der Waals surface area contributed by atoms with Crippen LogP contribution >= 0.6 is 0 Å². The van der Waals surface area contributed by atoms with Crippen molar-refractivity contribution < 1.29 is 19.7 Å². The summed E-state index contributed by atoms with van der Waals surface area (Å²) in [5.41, 5.74) is 6.49. The van der Waals surface area contributed by atoms with Crippen LogP contribution in [0.25, 0.3) is 67.2 Å². The van der Waals surface area contributed by atoms with Gasteiger partial charge in [-0.1, -0.05) is 115 Å². The molecule has 2 N–H and O–H groups in total. The number of rotatable bonds is 17. The van der Waals surface area contributed by atoms with Crippen LogP contribution in [0.15, 0.2) is 91.0 Å². The summed E-state index contributed by atoms with van der Waals surface area (Å²) in [6.45, 7) is 9.98. The van der Waals surface area contributed by atoms with Crippen molar-refractivity contribution in [1.82, 2.24) is 15.0 Å². The molecule has 1 heterocycles. The van der Waals surface area contributed by atoms with Crippen molar-refractivity contribution in [1.29, 1.82) is 0 Å². The second-order valence-corrected chi connectivity index (χ2v) is 14.6. The topological polar surface area (TPSA) is 97.6 Å². The molecule has 7 heteroatoms. The number of aromatic hydroxyl groups is 2. The SMILES string of the molecule is CCCCC(CC)COc1ccc(-c2nc(-c3ccc(OCC(CC)CCCC)cc3O)nc(-c3ccc4c5c(cccc35)-c3ccccc3-4)n2)c(O)c1. The van der Waals surface area contributed by atoms with E-state index in [4.69, 9.17) is 24.4 Å². The zero-order chi connectivity index (χ0) is 37.6. The summed E-state index contributed by atoms with van der Waals surface area (Å²) in [4.78, 5) is 14.8. The Balaban J connectivity index is 1.28. The Kier molecular flexibility index (Phi) is 11.4. The highest BCUT2D eigenvalue weighted by molar-refractivity contribution is 6.18. The fourth-order valence-corrected chi connectivity index (χ4v) is 7.55. The maximum Gasteiger partial charge on any atom is 0.167 e. The van der Waals surface area contributed by atoms with Crippen molar-refractivity contribution in [2.75, 3.05) is 13.2 Å². The normalized spacial score (nSPS) is 12.8. The van der Waals surface area contributed by atoms with E-state index in [1.54, 1.807) is 24.3 Å². The van der Waals surface area contributed by atoms with Crippen LogP contribution in [0.2, 0.25) is 0 Å². The monoisotopic (exact) mass is 721 g/mol. The Morgan fingerprint density at radius 3 is 1.43 bits per heavy atom. The Bertz CT molecular complexity index is 2130. The molecule has 5 aromatic carbocycles.